The zero-order chi connectivity index (χ0) is 19.8. The minimum absolute atomic E-state index is 0.267. The summed E-state index contributed by atoms with van der Waals surface area (Å²) in [5, 5.41) is 15.1. The van der Waals surface area contributed by atoms with Crippen LogP contribution in [0.5, 0.6) is 0 Å². The molecule has 2 aromatic carbocycles. The summed E-state index contributed by atoms with van der Waals surface area (Å²) in [6.07, 6.45) is 2.47. The largest absolute Gasteiger partial charge is 0.385 e. The topological polar surface area (TPSA) is 75.4 Å². The number of rotatable bonds is 4. The molecule has 0 radical (unpaired) electrons. The number of hydrogen-bond donors (Lipinski definition) is 1. The number of benzene rings is 2. The third-order valence-electron chi connectivity index (χ3n) is 5.47. The molecule has 1 aromatic heterocycles. The maximum Gasteiger partial charge on any atom is 0.243 e. The Balaban J connectivity index is 1.51. The van der Waals surface area contributed by atoms with Crippen LogP contribution in [0.25, 0.3) is 11.3 Å². The van der Waals surface area contributed by atoms with Gasteiger partial charge >= 0.3 is 0 Å². The molecule has 1 aliphatic heterocycles. The number of aryl methyl sites for hydroxylation is 1. The first-order valence-corrected chi connectivity index (χ1v) is 10.7. The van der Waals surface area contributed by atoms with Crippen LogP contribution < -0.4 is 0 Å². The number of piperidine rings is 1. The van der Waals surface area contributed by atoms with Crippen LogP contribution in [0.2, 0.25) is 0 Å². The fourth-order valence-electron chi connectivity index (χ4n) is 3.74. The van der Waals surface area contributed by atoms with Crippen LogP contribution in [0, 0.1) is 0 Å². The molecular weight excluding hydrogens is 374 g/mol. The van der Waals surface area contributed by atoms with E-state index >= 15 is 0 Å². The van der Waals surface area contributed by atoms with Crippen molar-refractivity contribution in [2.45, 2.75) is 23.3 Å². The van der Waals surface area contributed by atoms with E-state index in [1.165, 1.54) is 4.31 Å². The van der Waals surface area contributed by atoms with E-state index in [0.717, 1.165) is 16.8 Å². The van der Waals surface area contributed by atoms with Crippen molar-refractivity contribution in [3.05, 3.63) is 72.4 Å². The van der Waals surface area contributed by atoms with Gasteiger partial charge in [0.2, 0.25) is 10.0 Å². The van der Waals surface area contributed by atoms with Crippen LogP contribution in [0.15, 0.2) is 71.8 Å². The molecule has 1 saturated heterocycles. The van der Waals surface area contributed by atoms with Crippen LogP contribution in [-0.2, 0) is 22.7 Å². The van der Waals surface area contributed by atoms with Crippen LogP contribution in [-0.4, -0.2) is 40.7 Å². The van der Waals surface area contributed by atoms with Gasteiger partial charge in [0.15, 0.2) is 0 Å². The predicted octanol–water partition coefficient (Wildman–Crippen LogP) is 2.76. The molecule has 1 aliphatic rings. The lowest BCUT2D eigenvalue weighted by atomic mass is 9.85. The number of nitrogens with zero attached hydrogens (tertiary/aromatic N) is 3. The van der Waals surface area contributed by atoms with Crippen LogP contribution >= 0.6 is 0 Å². The highest BCUT2D eigenvalue weighted by atomic mass is 32.2. The van der Waals surface area contributed by atoms with Crippen molar-refractivity contribution in [1.82, 2.24) is 14.1 Å². The first-order valence-electron chi connectivity index (χ1n) is 9.27. The fraction of sp³-hybridized carbons (Fsp3) is 0.286. The van der Waals surface area contributed by atoms with E-state index in [4.69, 9.17) is 0 Å². The summed E-state index contributed by atoms with van der Waals surface area (Å²) in [6.45, 7) is 0.578. The van der Waals surface area contributed by atoms with Crippen LogP contribution in [0.4, 0.5) is 0 Å². The molecule has 0 aliphatic carbocycles. The molecule has 0 bridgehead atoms. The Hall–Kier alpha value is -2.48. The zero-order valence-electron chi connectivity index (χ0n) is 15.7. The van der Waals surface area contributed by atoms with Gasteiger partial charge in [-0.15, -0.1) is 0 Å². The lowest BCUT2D eigenvalue weighted by Crippen LogP contribution is -2.45. The zero-order valence-corrected chi connectivity index (χ0v) is 16.5. The summed E-state index contributed by atoms with van der Waals surface area (Å²) >= 11 is 0. The molecule has 0 unspecified atom stereocenters. The molecular formula is C21H23N3O3S. The van der Waals surface area contributed by atoms with Gasteiger partial charge in [-0.05, 0) is 42.2 Å². The highest BCUT2D eigenvalue weighted by Gasteiger charge is 2.38. The van der Waals surface area contributed by atoms with Crippen molar-refractivity contribution in [1.29, 1.82) is 0 Å². The van der Waals surface area contributed by atoms with Crippen molar-refractivity contribution in [2.24, 2.45) is 7.05 Å². The second-order valence-corrected chi connectivity index (χ2v) is 9.10. The standard InChI is InChI=1S/C21H23N3O3S/c1-23-20(11-14-22-23)17-7-9-19(10-8-17)28(26,27)24-15-12-21(25,13-16-24)18-5-3-2-4-6-18/h2-11,14,25H,12-13,15-16H2,1H3. The average molecular weight is 398 g/mol. The van der Waals surface area contributed by atoms with Gasteiger partial charge < -0.3 is 5.11 Å². The third-order valence-corrected chi connectivity index (χ3v) is 7.38. The molecule has 1 fully saturated rings. The molecule has 4 rings (SSSR count). The van der Waals surface area contributed by atoms with Crippen molar-refractivity contribution < 1.29 is 13.5 Å². The molecule has 0 amide bonds. The summed E-state index contributed by atoms with van der Waals surface area (Å²) in [7, 11) is -1.74. The van der Waals surface area contributed by atoms with E-state index < -0.39 is 15.6 Å². The van der Waals surface area contributed by atoms with Gasteiger partial charge in [0, 0.05) is 26.3 Å². The van der Waals surface area contributed by atoms with E-state index in [9.17, 15) is 13.5 Å². The minimum Gasteiger partial charge on any atom is -0.385 e. The number of aliphatic hydroxyl groups is 1. The smallest absolute Gasteiger partial charge is 0.243 e. The SMILES string of the molecule is Cn1nccc1-c1ccc(S(=O)(=O)N2CCC(O)(c3ccccc3)CC2)cc1. The van der Waals surface area contributed by atoms with Gasteiger partial charge in [0.25, 0.3) is 0 Å². The van der Waals surface area contributed by atoms with Gasteiger partial charge in [-0.3, -0.25) is 4.68 Å². The fourth-order valence-corrected chi connectivity index (χ4v) is 5.18. The Morgan fingerprint density at radius 1 is 0.964 bits per heavy atom. The average Bonchev–Trinajstić information content (AvgIpc) is 3.15. The number of aromatic nitrogens is 2. The summed E-state index contributed by atoms with van der Waals surface area (Å²) in [5.74, 6) is 0. The van der Waals surface area contributed by atoms with Crippen molar-refractivity contribution >= 4 is 10.0 Å². The molecule has 3 aromatic rings. The van der Waals surface area contributed by atoms with Gasteiger partial charge in [-0.1, -0.05) is 42.5 Å². The quantitative estimate of drug-likeness (QED) is 0.735. The normalized spacial score (nSPS) is 17.5. The first kappa shape index (κ1) is 18.9. The summed E-state index contributed by atoms with van der Waals surface area (Å²) in [5.41, 5.74) is 1.70. The molecule has 1 N–H and O–H groups in total. The maximum absolute atomic E-state index is 13.0. The number of sulfonamides is 1. The van der Waals surface area contributed by atoms with Gasteiger partial charge in [-0.2, -0.15) is 9.40 Å². The van der Waals surface area contributed by atoms with Crippen LogP contribution in [0.1, 0.15) is 18.4 Å². The Labute approximate surface area is 165 Å². The Kier molecular flexibility index (Phi) is 4.82. The molecule has 0 saturated carbocycles. The maximum atomic E-state index is 13.0. The Morgan fingerprint density at radius 2 is 1.61 bits per heavy atom. The van der Waals surface area contributed by atoms with E-state index in [1.54, 1.807) is 35.1 Å². The molecule has 28 heavy (non-hydrogen) atoms. The van der Waals surface area contributed by atoms with E-state index in [1.807, 2.05) is 43.4 Å². The van der Waals surface area contributed by atoms with E-state index in [2.05, 4.69) is 5.10 Å². The Bertz CT molecular complexity index is 1050. The predicted molar refractivity (Wildman–Crippen MR) is 107 cm³/mol. The first-order chi connectivity index (χ1) is 13.4. The lowest BCUT2D eigenvalue weighted by Gasteiger charge is -2.37. The number of hydrogen-bond acceptors (Lipinski definition) is 4. The summed E-state index contributed by atoms with van der Waals surface area (Å²) < 4.78 is 29.3. The van der Waals surface area contributed by atoms with E-state index in [0.29, 0.717) is 12.8 Å². The second-order valence-electron chi connectivity index (χ2n) is 7.17. The Morgan fingerprint density at radius 3 is 2.18 bits per heavy atom. The molecule has 6 nitrogen and oxygen atoms in total. The highest BCUT2D eigenvalue weighted by Crippen LogP contribution is 2.34. The van der Waals surface area contributed by atoms with Crippen molar-refractivity contribution in [3.63, 3.8) is 0 Å². The molecule has 0 spiro atoms. The lowest BCUT2D eigenvalue weighted by molar-refractivity contribution is -0.00961. The molecule has 0 atom stereocenters. The molecule has 7 heteroatoms. The highest BCUT2D eigenvalue weighted by molar-refractivity contribution is 7.89. The minimum atomic E-state index is -3.59. The van der Waals surface area contributed by atoms with Crippen molar-refractivity contribution in [3.8, 4) is 11.3 Å². The van der Waals surface area contributed by atoms with Crippen LogP contribution in [0.3, 0.4) is 0 Å². The second kappa shape index (κ2) is 7.16. The summed E-state index contributed by atoms with van der Waals surface area (Å²) in [4.78, 5) is 0.267. The monoisotopic (exact) mass is 397 g/mol. The summed E-state index contributed by atoms with van der Waals surface area (Å²) in [6, 6.07) is 18.2. The van der Waals surface area contributed by atoms with Gasteiger partial charge in [0.05, 0.1) is 16.2 Å². The van der Waals surface area contributed by atoms with E-state index in [-0.39, 0.29) is 18.0 Å². The van der Waals surface area contributed by atoms with Crippen molar-refractivity contribution in [2.75, 3.05) is 13.1 Å². The van der Waals surface area contributed by atoms with Gasteiger partial charge in [0.1, 0.15) is 0 Å². The van der Waals surface area contributed by atoms with Gasteiger partial charge in [-0.25, -0.2) is 8.42 Å². The molecule has 2 heterocycles. The third kappa shape index (κ3) is 3.37. The molecule has 146 valence electrons.